The maximum absolute atomic E-state index is 11.7. The van der Waals surface area contributed by atoms with Gasteiger partial charge in [-0.15, -0.1) is 0 Å². The van der Waals surface area contributed by atoms with Gasteiger partial charge in [-0.25, -0.2) is 0 Å². The molecule has 0 fully saturated rings. The molecule has 0 saturated heterocycles. The van der Waals surface area contributed by atoms with Crippen molar-refractivity contribution in [3.05, 3.63) is 59.7 Å². The largest absolute Gasteiger partial charge is 0.412 e. The van der Waals surface area contributed by atoms with Crippen LogP contribution in [0.15, 0.2) is 48.5 Å². The van der Waals surface area contributed by atoms with Gasteiger partial charge < -0.3 is 5.48 Å². The zero-order valence-electron chi connectivity index (χ0n) is 12.1. The minimum absolute atomic E-state index is 0. The van der Waals surface area contributed by atoms with Crippen LogP contribution in [0.5, 0.6) is 0 Å². The van der Waals surface area contributed by atoms with Crippen molar-refractivity contribution < 1.29 is 15.1 Å². The van der Waals surface area contributed by atoms with E-state index in [4.69, 9.17) is 0 Å². The summed E-state index contributed by atoms with van der Waals surface area (Å²) < 4.78 is 0. The molecule has 0 bridgehead atoms. The Labute approximate surface area is 124 Å². The number of Topliss-reactive ketones (excluding diaryl/α,β-unsaturated/α-hetero) is 1. The smallest absolute Gasteiger partial charge is 0.225 e. The second kappa shape index (κ2) is 8.12. The van der Waals surface area contributed by atoms with Crippen LogP contribution < -0.4 is 0 Å². The zero-order chi connectivity index (χ0) is 14.4. The number of hydrogen-bond donors (Lipinski definition) is 0. The first-order valence-electron chi connectivity index (χ1n) is 6.94. The molecule has 0 atom stereocenters. The summed E-state index contributed by atoms with van der Waals surface area (Å²) in [6, 6.07) is 15.7. The fraction of sp³-hybridized carbons (Fsp3) is 0.222. The van der Waals surface area contributed by atoms with Gasteiger partial charge in [0.05, 0.1) is 0 Å². The Morgan fingerprint density at radius 3 is 2.38 bits per heavy atom. The SMILES string of the molecule is CCCCc1cc(-c2ccccc2)ccc1C(=O)C=O.O. The fourth-order valence-corrected chi connectivity index (χ4v) is 2.28. The molecular weight excluding hydrogens is 264 g/mol. The molecule has 0 aliphatic rings. The number of rotatable bonds is 6. The minimum Gasteiger partial charge on any atom is -0.412 e. The van der Waals surface area contributed by atoms with E-state index in [1.54, 1.807) is 6.07 Å². The molecule has 0 aliphatic carbocycles. The highest BCUT2D eigenvalue weighted by atomic mass is 16.2. The summed E-state index contributed by atoms with van der Waals surface area (Å²) in [7, 11) is 0. The Bertz CT molecular complexity index is 603. The molecule has 0 spiro atoms. The Kier molecular flexibility index (Phi) is 6.50. The Morgan fingerprint density at radius 1 is 1.05 bits per heavy atom. The van der Waals surface area contributed by atoms with Gasteiger partial charge in [-0.05, 0) is 29.5 Å². The van der Waals surface area contributed by atoms with E-state index in [-0.39, 0.29) is 5.48 Å². The van der Waals surface area contributed by atoms with E-state index in [1.165, 1.54) is 0 Å². The number of ketones is 1. The molecule has 3 nitrogen and oxygen atoms in total. The average molecular weight is 284 g/mol. The summed E-state index contributed by atoms with van der Waals surface area (Å²) in [6.45, 7) is 2.11. The molecule has 21 heavy (non-hydrogen) atoms. The normalized spacial score (nSPS) is 9.76. The van der Waals surface area contributed by atoms with Crippen LogP contribution in [0.1, 0.15) is 35.7 Å². The standard InChI is InChI=1S/C18H18O2.H2O/c1-2-3-7-16-12-15(14-8-5-4-6-9-14)10-11-17(16)18(20)13-19;/h4-6,8-13H,2-3,7H2,1H3;1H2. The number of aryl methyl sites for hydroxylation is 1. The lowest BCUT2D eigenvalue weighted by Gasteiger charge is -2.09. The molecule has 2 aromatic carbocycles. The van der Waals surface area contributed by atoms with Gasteiger partial charge in [0.1, 0.15) is 0 Å². The van der Waals surface area contributed by atoms with Crippen molar-refractivity contribution in [3.63, 3.8) is 0 Å². The summed E-state index contributed by atoms with van der Waals surface area (Å²) in [5.74, 6) is -0.435. The van der Waals surface area contributed by atoms with Crippen LogP contribution in [-0.2, 0) is 11.2 Å². The van der Waals surface area contributed by atoms with Gasteiger partial charge in [-0.1, -0.05) is 61.9 Å². The number of carbonyl (C=O) groups excluding carboxylic acids is 2. The van der Waals surface area contributed by atoms with Gasteiger partial charge in [0.15, 0.2) is 6.29 Å². The van der Waals surface area contributed by atoms with E-state index in [2.05, 4.69) is 6.92 Å². The van der Waals surface area contributed by atoms with Gasteiger partial charge in [0.2, 0.25) is 5.78 Å². The minimum atomic E-state index is -0.435. The first-order chi connectivity index (χ1) is 9.76. The summed E-state index contributed by atoms with van der Waals surface area (Å²) in [4.78, 5) is 22.4. The van der Waals surface area contributed by atoms with Crippen molar-refractivity contribution in [1.82, 2.24) is 0 Å². The molecule has 0 amide bonds. The summed E-state index contributed by atoms with van der Waals surface area (Å²) in [5, 5.41) is 0. The van der Waals surface area contributed by atoms with Gasteiger partial charge in [-0.2, -0.15) is 0 Å². The lowest BCUT2D eigenvalue weighted by molar-refractivity contribution is -0.104. The summed E-state index contributed by atoms with van der Waals surface area (Å²) in [5.41, 5.74) is 3.70. The van der Waals surface area contributed by atoms with E-state index in [0.29, 0.717) is 11.8 Å². The quantitative estimate of drug-likeness (QED) is 0.464. The van der Waals surface area contributed by atoms with E-state index in [9.17, 15) is 9.59 Å². The molecule has 0 aliphatic heterocycles. The number of hydrogen-bond acceptors (Lipinski definition) is 2. The molecule has 2 rings (SSSR count). The van der Waals surface area contributed by atoms with E-state index < -0.39 is 5.78 Å². The maximum atomic E-state index is 11.7. The van der Waals surface area contributed by atoms with Crippen LogP contribution in [0, 0.1) is 0 Å². The molecule has 0 radical (unpaired) electrons. The van der Waals surface area contributed by atoms with Crippen LogP contribution in [0.4, 0.5) is 0 Å². The van der Waals surface area contributed by atoms with Gasteiger partial charge >= 0.3 is 0 Å². The van der Waals surface area contributed by atoms with Crippen LogP contribution in [-0.4, -0.2) is 17.5 Å². The Balaban J connectivity index is 0.00000220. The monoisotopic (exact) mass is 284 g/mol. The lowest BCUT2D eigenvalue weighted by atomic mass is 9.94. The number of benzene rings is 2. The molecule has 0 unspecified atom stereocenters. The zero-order valence-corrected chi connectivity index (χ0v) is 12.1. The van der Waals surface area contributed by atoms with Crippen molar-refractivity contribution >= 4 is 12.1 Å². The van der Waals surface area contributed by atoms with E-state index in [0.717, 1.165) is 36.0 Å². The van der Waals surface area contributed by atoms with Crippen molar-refractivity contribution in [3.8, 4) is 11.1 Å². The first kappa shape index (κ1) is 16.8. The fourth-order valence-electron chi connectivity index (χ4n) is 2.28. The number of carbonyl (C=O) groups is 2. The van der Waals surface area contributed by atoms with Crippen molar-refractivity contribution in [2.75, 3.05) is 0 Å². The lowest BCUT2D eigenvalue weighted by Crippen LogP contribution is -2.05. The number of aldehydes is 1. The highest BCUT2D eigenvalue weighted by Gasteiger charge is 2.11. The summed E-state index contributed by atoms with van der Waals surface area (Å²) in [6.07, 6.45) is 3.29. The van der Waals surface area contributed by atoms with Gasteiger partial charge in [-0.3, -0.25) is 9.59 Å². The van der Waals surface area contributed by atoms with Crippen molar-refractivity contribution in [2.45, 2.75) is 26.2 Å². The molecule has 0 heterocycles. The van der Waals surface area contributed by atoms with Crippen LogP contribution in [0.2, 0.25) is 0 Å². The predicted molar refractivity (Wildman–Crippen MR) is 84.5 cm³/mol. The third kappa shape index (κ3) is 4.10. The second-order valence-electron chi connectivity index (χ2n) is 4.82. The van der Waals surface area contributed by atoms with Gasteiger partial charge in [0, 0.05) is 5.56 Å². The topological polar surface area (TPSA) is 65.6 Å². The molecule has 2 aromatic rings. The van der Waals surface area contributed by atoms with Crippen molar-refractivity contribution in [1.29, 1.82) is 0 Å². The van der Waals surface area contributed by atoms with Crippen LogP contribution >= 0.6 is 0 Å². The molecule has 110 valence electrons. The number of unbranched alkanes of at least 4 members (excludes halogenated alkanes) is 1. The Hall–Kier alpha value is -2.26. The molecule has 0 aromatic heterocycles. The summed E-state index contributed by atoms with van der Waals surface area (Å²) >= 11 is 0. The van der Waals surface area contributed by atoms with Crippen LogP contribution in [0.25, 0.3) is 11.1 Å². The van der Waals surface area contributed by atoms with Crippen LogP contribution in [0.3, 0.4) is 0 Å². The maximum Gasteiger partial charge on any atom is 0.225 e. The highest BCUT2D eigenvalue weighted by molar-refractivity contribution is 6.33. The third-order valence-corrected chi connectivity index (χ3v) is 3.38. The molecule has 0 saturated carbocycles. The molecule has 2 N–H and O–H groups in total. The molecule has 3 heteroatoms. The third-order valence-electron chi connectivity index (χ3n) is 3.38. The average Bonchev–Trinajstić information content (AvgIpc) is 2.52. The molecular formula is C18H20O3. The first-order valence-corrected chi connectivity index (χ1v) is 6.94. The van der Waals surface area contributed by atoms with Crippen molar-refractivity contribution in [2.24, 2.45) is 0 Å². The predicted octanol–water partition coefficient (Wildman–Crippen LogP) is 3.25. The second-order valence-corrected chi connectivity index (χ2v) is 4.82. The van der Waals surface area contributed by atoms with Gasteiger partial charge in [0.25, 0.3) is 0 Å². The van der Waals surface area contributed by atoms with E-state index >= 15 is 0 Å². The Morgan fingerprint density at radius 2 is 1.76 bits per heavy atom. The highest BCUT2D eigenvalue weighted by Crippen LogP contribution is 2.23. The van der Waals surface area contributed by atoms with E-state index in [1.807, 2.05) is 42.5 Å².